The number of nitrogens with zero attached hydrogens (tertiary/aromatic N) is 1. The Kier molecular flexibility index (Phi) is 4.45. The third-order valence-electron chi connectivity index (χ3n) is 3.38. The van der Waals surface area contributed by atoms with E-state index in [0.717, 1.165) is 13.1 Å². The van der Waals surface area contributed by atoms with Crippen LogP contribution in [0.1, 0.15) is 11.1 Å². The number of nitrogens with one attached hydrogen (secondary N) is 1. The summed E-state index contributed by atoms with van der Waals surface area (Å²) in [6, 6.07) is 17.0. The van der Waals surface area contributed by atoms with Gasteiger partial charge in [-0.15, -0.1) is 0 Å². The molecule has 0 bridgehead atoms. The van der Waals surface area contributed by atoms with Gasteiger partial charge in [-0.05, 0) is 37.6 Å². The lowest BCUT2D eigenvalue weighted by molar-refractivity contribution is 0.913. The van der Waals surface area contributed by atoms with E-state index in [4.69, 9.17) is 0 Å². The number of benzene rings is 2. The lowest BCUT2D eigenvalue weighted by Crippen LogP contribution is -2.24. The fraction of sp³-hybridized carbons (Fsp3) is 0.294. The van der Waals surface area contributed by atoms with E-state index in [-0.39, 0.29) is 0 Å². The molecule has 1 N–H and O–H groups in total. The van der Waals surface area contributed by atoms with Gasteiger partial charge in [-0.2, -0.15) is 0 Å². The van der Waals surface area contributed by atoms with E-state index in [1.165, 1.54) is 22.5 Å². The van der Waals surface area contributed by atoms with Crippen LogP contribution in [-0.2, 0) is 0 Å². The van der Waals surface area contributed by atoms with Crippen molar-refractivity contribution >= 4 is 11.4 Å². The minimum Gasteiger partial charge on any atom is -0.383 e. The minimum absolute atomic E-state index is 0.940. The zero-order valence-electron chi connectivity index (χ0n) is 12.0. The van der Waals surface area contributed by atoms with Gasteiger partial charge in [0, 0.05) is 31.5 Å². The van der Waals surface area contributed by atoms with Gasteiger partial charge in [0.2, 0.25) is 0 Å². The lowest BCUT2D eigenvalue weighted by atomic mass is 10.2. The van der Waals surface area contributed by atoms with Crippen LogP contribution in [0.3, 0.4) is 0 Å². The Morgan fingerprint density at radius 2 is 1.63 bits per heavy atom. The minimum atomic E-state index is 0.940. The van der Waals surface area contributed by atoms with Gasteiger partial charge in [0.1, 0.15) is 0 Å². The number of hydrogen-bond acceptors (Lipinski definition) is 2. The van der Waals surface area contributed by atoms with Gasteiger partial charge < -0.3 is 10.2 Å². The Morgan fingerprint density at radius 3 is 2.32 bits per heavy atom. The van der Waals surface area contributed by atoms with Crippen molar-refractivity contribution in [3.05, 3.63) is 59.7 Å². The molecule has 2 aromatic carbocycles. The average Bonchev–Trinajstić information content (AvgIpc) is 2.41. The van der Waals surface area contributed by atoms with Crippen LogP contribution in [0.5, 0.6) is 0 Å². The first-order chi connectivity index (χ1) is 9.16. The van der Waals surface area contributed by atoms with Crippen molar-refractivity contribution in [1.82, 2.24) is 0 Å². The molecule has 0 fully saturated rings. The number of anilines is 2. The molecule has 2 nitrogen and oxygen atoms in total. The first kappa shape index (κ1) is 13.5. The highest BCUT2D eigenvalue weighted by Gasteiger charge is 2.00. The SMILES string of the molecule is Cc1ccc(N(C)CCNc2ccccc2C)cc1. The summed E-state index contributed by atoms with van der Waals surface area (Å²) in [5.74, 6) is 0. The molecule has 2 heteroatoms. The highest BCUT2D eigenvalue weighted by Crippen LogP contribution is 2.14. The molecule has 0 aliphatic heterocycles. The molecule has 0 amide bonds. The molecule has 0 aromatic heterocycles. The van der Waals surface area contributed by atoms with Crippen LogP contribution in [-0.4, -0.2) is 20.1 Å². The van der Waals surface area contributed by atoms with Crippen LogP contribution in [0.25, 0.3) is 0 Å². The zero-order chi connectivity index (χ0) is 13.7. The van der Waals surface area contributed by atoms with Crippen LogP contribution in [0.15, 0.2) is 48.5 Å². The molecule has 0 saturated heterocycles. The molecule has 100 valence electrons. The first-order valence-corrected chi connectivity index (χ1v) is 6.74. The largest absolute Gasteiger partial charge is 0.383 e. The molecule has 0 spiro atoms. The van der Waals surface area contributed by atoms with Crippen molar-refractivity contribution in [3.63, 3.8) is 0 Å². The van der Waals surface area contributed by atoms with Crippen LogP contribution in [0, 0.1) is 13.8 Å². The molecule has 0 aliphatic rings. The highest BCUT2D eigenvalue weighted by molar-refractivity contribution is 5.51. The molecule has 0 radical (unpaired) electrons. The number of rotatable bonds is 5. The maximum Gasteiger partial charge on any atom is 0.0370 e. The molecule has 19 heavy (non-hydrogen) atoms. The Labute approximate surface area is 116 Å². The van der Waals surface area contributed by atoms with Crippen LogP contribution in [0.4, 0.5) is 11.4 Å². The van der Waals surface area contributed by atoms with Crippen molar-refractivity contribution in [2.24, 2.45) is 0 Å². The second kappa shape index (κ2) is 6.28. The molecule has 0 saturated carbocycles. The summed E-state index contributed by atoms with van der Waals surface area (Å²) < 4.78 is 0. The van der Waals surface area contributed by atoms with Crippen molar-refractivity contribution in [2.75, 3.05) is 30.4 Å². The fourth-order valence-electron chi connectivity index (χ4n) is 2.06. The summed E-state index contributed by atoms with van der Waals surface area (Å²) in [5.41, 5.74) is 5.08. The summed E-state index contributed by atoms with van der Waals surface area (Å²) in [6.45, 7) is 6.17. The first-order valence-electron chi connectivity index (χ1n) is 6.74. The monoisotopic (exact) mass is 254 g/mol. The van der Waals surface area contributed by atoms with Crippen molar-refractivity contribution in [3.8, 4) is 0 Å². The quantitative estimate of drug-likeness (QED) is 0.871. The number of hydrogen-bond donors (Lipinski definition) is 1. The second-order valence-corrected chi connectivity index (χ2v) is 5.00. The van der Waals surface area contributed by atoms with Crippen molar-refractivity contribution in [2.45, 2.75) is 13.8 Å². The average molecular weight is 254 g/mol. The Morgan fingerprint density at radius 1 is 0.947 bits per heavy atom. The van der Waals surface area contributed by atoms with Gasteiger partial charge >= 0.3 is 0 Å². The Hall–Kier alpha value is -1.96. The summed E-state index contributed by atoms with van der Waals surface area (Å²) in [5, 5.41) is 3.48. The molecule has 0 atom stereocenters. The van der Waals surface area contributed by atoms with Crippen LogP contribution < -0.4 is 10.2 Å². The summed E-state index contributed by atoms with van der Waals surface area (Å²) >= 11 is 0. The van der Waals surface area contributed by atoms with E-state index in [0.29, 0.717) is 0 Å². The predicted octanol–water partition coefficient (Wildman–Crippen LogP) is 3.85. The van der Waals surface area contributed by atoms with Gasteiger partial charge in [0.25, 0.3) is 0 Å². The van der Waals surface area contributed by atoms with E-state index in [1.807, 2.05) is 0 Å². The molecule has 2 aromatic rings. The van der Waals surface area contributed by atoms with Gasteiger partial charge in [-0.25, -0.2) is 0 Å². The van der Waals surface area contributed by atoms with Gasteiger partial charge in [-0.3, -0.25) is 0 Å². The maximum atomic E-state index is 3.48. The Bertz CT molecular complexity index is 517. The van der Waals surface area contributed by atoms with Gasteiger partial charge in [-0.1, -0.05) is 35.9 Å². The van der Waals surface area contributed by atoms with E-state index in [2.05, 4.69) is 79.6 Å². The topological polar surface area (TPSA) is 15.3 Å². The molecular formula is C17H22N2. The third-order valence-corrected chi connectivity index (χ3v) is 3.38. The van der Waals surface area contributed by atoms with E-state index in [9.17, 15) is 0 Å². The maximum absolute atomic E-state index is 3.48. The van der Waals surface area contributed by atoms with Gasteiger partial charge in [0.15, 0.2) is 0 Å². The molecule has 0 heterocycles. The summed E-state index contributed by atoms with van der Waals surface area (Å²) in [6.07, 6.45) is 0. The van der Waals surface area contributed by atoms with Crippen LogP contribution >= 0.6 is 0 Å². The smallest absolute Gasteiger partial charge is 0.0370 e. The van der Waals surface area contributed by atoms with E-state index >= 15 is 0 Å². The van der Waals surface area contributed by atoms with Crippen LogP contribution in [0.2, 0.25) is 0 Å². The van der Waals surface area contributed by atoms with E-state index in [1.54, 1.807) is 0 Å². The van der Waals surface area contributed by atoms with Gasteiger partial charge in [0.05, 0.1) is 0 Å². The second-order valence-electron chi connectivity index (χ2n) is 5.00. The number of aryl methyl sites for hydroxylation is 2. The standard InChI is InChI=1S/C17H22N2/c1-14-8-10-16(11-9-14)19(3)13-12-18-17-7-5-4-6-15(17)2/h4-11,18H,12-13H2,1-3H3. The van der Waals surface area contributed by atoms with Crippen molar-refractivity contribution in [1.29, 1.82) is 0 Å². The normalized spacial score (nSPS) is 10.3. The number of para-hydroxylation sites is 1. The lowest BCUT2D eigenvalue weighted by Gasteiger charge is -2.20. The van der Waals surface area contributed by atoms with E-state index < -0.39 is 0 Å². The zero-order valence-corrected chi connectivity index (χ0v) is 12.0. The predicted molar refractivity (Wildman–Crippen MR) is 84.1 cm³/mol. The Balaban J connectivity index is 1.86. The molecular weight excluding hydrogens is 232 g/mol. The molecule has 0 aliphatic carbocycles. The highest BCUT2D eigenvalue weighted by atomic mass is 15.1. The molecule has 2 rings (SSSR count). The molecule has 0 unspecified atom stereocenters. The van der Waals surface area contributed by atoms with Crippen molar-refractivity contribution < 1.29 is 0 Å². The third kappa shape index (κ3) is 3.75. The number of likely N-dealkylation sites (N-methyl/N-ethyl adjacent to an activating group) is 1. The summed E-state index contributed by atoms with van der Waals surface area (Å²) in [7, 11) is 2.13. The fourth-order valence-corrected chi connectivity index (χ4v) is 2.06. The summed E-state index contributed by atoms with van der Waals surface area (Å²) in [4.78, 5) is 2.27.